The maximum absolute atomic E-state index is 13.1. The summed E-state index contributed by atoms with van der Waals surface area (Å²) in [6.45, 7) is 7.97. The van der Waals surface area contributed by atoms with Crippen molar-refractivity contribution in [1.29, 1.82) is 0 Å². The maximum atomic E-state index is 13.1. The van der Waals surface area contributed by atoms with Gasteiger partial charge in [-0.1, -0.05) is 74.2 Å². The first-order chi connectivity index (χ1) is 19.2. The summed E-state index contributed by atoms with van der Waals surface area (Å²) in [5.41, 5.74) is 8.25. The van der Waals surface area contributed by atoms with Crippen molar-refractivity contribution in [3.63, 3.8) is 0 Å². The molecular weight excluding hydrogens is 520 g/mol. The zero-order valence-electron chi connectivity index (χ0n) is 24.3. The van der Waals surface area contributed by atoms with E-state index in [0.29, 0.717) is 19.6 Å². The van der Waals surface area contributed by atoms with Crippen LogP contribution in [0.2, 0.25) is 25.7 Å². The van der Waals surface area contributed by atoms with Crippen LogP contribution in [-0.2, 0) is 15.1 Å². The minimum Gasteiger partial charge on any atom is -0.497 e. The molecule has 1 saturated heterocycles. The molecule has 0 saturated carbocycles. The molecule has 214 valence electrons. The Kier molecular flexibility index (Phi) is 9.55. The van der Waals surface area contributed by atoms with Gasteiger partial charge in [-0.3, -0.25) is 0 Å². The van der Waals surface area contributed by atoms with Crippen molar-refractivity contribution in [3.05, 3.63) is 95.6 Å². The molecule has 1 amide bonds. The summed E-state index contributed by atoms with van der Waals surface area (Å²) in [7, 11) is 1.98. The molecule has 3 aromatic rings. The summed E-state index contributed by atoms with van der Waals surface area (Å²) < 4.78 is 23.6. The predicted octanol–water partition coefficient (Wildman–Crippen LogP) is 5.89. The van der Waals surface area contributed by atoms with Crippen molar-refractivity contribution in [1.82, 2.24) is 4.90 Å². The summed E-state index contributed by atoms with van der Waals surface area (Å²) >= 11 is 0. The highest BCUT2D eigenvalue weighted by molar-refractivity contribution is 6.76. The largest absolute Gasteiger partial charge is 0.497 e. The lowest BCUT2D eigenvalue weighted by atomic mass is 9.80. The van der Waals surface area contributed by atoms with Gasteiger partial charge in [-0.05, 0) is 53.4 Å². The highest BCUT2D eigenvalue weighted by atomic mass is 28.3. The van der Waals surface area contributed by atoms with E-state index in [-0.39, 0.29) is 24.8 Å². The predicted molar refractivity (Wildman–Crippen MR) is 161 cm³/mol. The Hall–Kier alpha value is -3.33. The molecule has 1 aliphatic heterocycles. The number of rotatable bonds is 11. The van der Waals surface area contributed by atoms with Crippen molar-refractivity contribution in [2.75, 3.05) is 34.0 Å². The maximum Gasteiger partial charge on any atom is 0.410 e. The molecule has 2 atom stereocenters. The fourth-order valence-corrected chi connectivity index (χ4v) is 5.87. The Morgan fingerprint density at radius 3 is 1.90 bits per heavy atom. The standard InChI is InChI=1S/C32H42N2O5Si/c1-36-29-15-11-25(12-16-29)32(24-9-7-6-8-10-24,26-13-17-30(37-2)18-14-26)39-23-28-21-27(33)22-34(28)31(35)38-19-20-40(3,4)5/h6-18,27-28H,19-23,33H2,1-5H3/t27-,28-/m0/s1. The second kappa shape index (κ2) is 12.9. The summed E-state index contributed by atoms with van der Waals surface area (Å²) in [6.07, 6.45) is 0.318. The second-order valence-electron chi connectivity index (χ2n) is 11.5. The van der Waals surface area contributed by atoms with Gasteiger partial charge in [-0.2, -0.15) is 0 Å². The molecular formula is C32H42N2O5Si. The van der Waals surface area contributed by atoms with E-state index in [9.17, 15) is 4.79 Å². The molecule has 1 heterocycles. The monoisotopic (exact) mass is 562 g/mol. The zero-order valence-corrected chi connectivity index (χ0v) is 25.3. The van der Waals surface area contributed by atoms with Crippen LogP contribution in [0.5, 0.6) is 11.5 Å². The number of nitrogens with zero attached hydrogens (tertiary/aromatic N) is 1. The lowest BCUT2D eigenvalue weighted by Gasteiger charge is -2.37. The van der Waals surface area contributed by atoms with E-state index >= 15 is 0 Å². The van der Waals surface area contributed by atoms with E-state index in [1.54, 1.807) is 19.1 Å². The van der Waals surface area contributed by atoms with Gasteiger partial charge in [0.25, 0.3) is 0 Å². The molecule has 0 aliphatic carbocycles. The van der Waals surface area contributed by atoms with Crippen LogP contribution in [0.25, 0.3) is 0 Å². The van der Waals surface area contributed by atoms with E-state index in [1.807, 2.05) is 66.7 Å². The number of benzene rings is 3. The third-order valence-corrected chi connectivity index (χ3v) is 9.13. The third kappa shape index (κ3) is 6.86. The molecule has 1 fully saturated rings. The van der Waals surface area contributed by atoms with Crippen LogP contribution in [0.15, 0.2) is 78.9 Å². The van der Waals surface area contributed by atoms with Crippen molar-refractivity contribution in [2.24, 2.45) is 5.73 Å². The van der Waals surface area contributed by atoms with Gasteiger partial charge in [0.2, 0.25) is 0 Å². The van der Waals surface area contributed by atoms with Gasteiger partial charge in [-0.15, -0.1) is 0 Å². The van der Waals surface area contributed by atoms with E-state index in [4.69, 9.17) is 24.7 Å². The molecule has 4 rings (SSSR count). The molecule has 0 radical (unpaired) electrons. The SMILES string of the molecule is COc1ccc(C(OC[C@@H]2C[C@H](N)CN2C(=O)OCC[Si](C)(C)C)(c2ccccc2)c2ccc(OC)cc2)cc1. The van der Waals surface area contributed by atoms with E-state index < -0.39 is 13.7 Å². The van der Waals surface area contributed by atoms with Crippen LogP contribution in [0.1, 0.15) is 23.1 Å². The van der Waals surface area contributed by atoms with Crippen LogP contribution in [0, 0.1) is 0 Å². The van der Waals surface area contributed by atoms with Gasteiger partial charge in [0.15, 0.2) is 0 Å². The Labute approximate surface area is 239 Å². The lowest BCUT2D eigenvalue weighted by Crippen LogP contribution is -2.42. The van der Waals surface area contributed by atoms with E-state index in [2.05, 4.69) is 31.8 Å². The quantitative estimate of drug-likeness (QED) is 0.232. The smallest absolute Gasteiger partial charge is 0.410 e. The van der Waals surface area contributed by atoms with Crippen molar-refractivity contribution in [2.45, 2.75) is 49.8 Å². The molecule has 7 nitrogen and oxygen atoms in total. The Bertz CT molecular complexity index is 1180. The first-order valence-corrected chi connectivity index (χ1v) is 17.5. The van der Waals surface area contributed by atoms with Crippen molar-refractivity contribution in [3.8, 4) is 11.5 Å². The Morgan fingerprint density at radius 1 is 0.875 bits per heavy atom. The number of ether oxygens (including phenoxy) is 4. The zero-order chi connectivity index (χ0) is 28.8. The molecule has 40 heavy (non-hydrogen) atoms. The number of nitrogens with two attached hydrogens (primary N) is 1. The van der Waals surface area contributed by atoms with Gasteiger partial charge >= 0.3 is 6.09 Å². The molecule has 0 bridgehead atoms. The first kappa shape index (κ1) is 29.6. The van der Waals surface area contributed by atoms with Crippen LogP contribution in [0.3, 0.4) is 0 Å². The number of amides is 1. The van der Waals surface area contributed by atoms with Gasteiger partial charge in [0, 0.05) is 20.7 Å². The summed E-state index contributed by atoms with van der Waals surface area (Å²) in [5, 5.41) is 0. The highest BCUT2D eigenvalue weighted by Crippen LogP contribution is 2.42. The average molecular weight is 563 g/mol. The highest BCUT2D eigenvalue weighted by Gasteiger charge is 2.41. The molecule has 3 aromatic carbocycles. The molecule has 1 aliphatic rings. The van der Waals surface area contributed by atoms with Crippen LogP contribution >= 0.6 is 0 Å². The second-order valence-corrected chi connectivity index (χ2v) is 17.2. The number of likely N-dealkylation sites (tertiary alicyclic amines) is 1. The summed E-state index contributed by atoms with van der Waals surface area (Å²) in [6, 6.07) is 26.6. The van der Waals surface area contributed by atoms with Crippen LogP contribution in [0.4, 0.5) is 4.79 Å². The normalized spacial score (nSPS) is 17.5. The molecule has 0 unspecified atom stereocenters. The number of hydrogen-bond donors (Lipinski definition) is 1. The van der Waals surface area contributed by atoms with Crippen LogP contribution < -0.4 is 15.2 Å². The fraction of sp³-hybridized carbons (Fsp3) is 0.406. The minimum atomic E-state index is -1.32. The van der Waals surface area contributed by atoms with Crippen LogP contribution in [-0.4, -0.2) is 65.1 Å². The Balaban J connectivity index is 1.70. The molecule has 0 aromatic heterocycles. The number of methoxy groups -OCH3 is 2. The van der Waals surface area contributed by atoms with Crippen molar-refractivity contribution >= 4 is 14.2 Å². The number of carbonyl (C=O) groups excluding carboxylic acids is 1. The van der Waals surface area contributed by atoms with Gasteiger partial charge in [0.05, 0.1) is 33.5 Å². The van der Waals surface area contributed by atoms with E-state index in [0.717, 1.165) is 34.2 Å². The molecule has 2 N–H and O–H groups in total. The van der Waals surface area contributed by atoms with Gasteiger partial charge in [0.1, 0.15) is 17.1 Å². The Morgan fingerprint density at radius 2 is 1.40 bits per heavy atom. The van der Waals surface area contributed by atoms with Gasteiger partial charge < -0.3 is 29.6 Å². The molecule has 8 heteroatoms. The number of carbonyl (C=O) groups is 1. The fourth-order valence-electron chi connectivity index (χ4n) is 5.16. The molecule has 0 spiro atoms. The van der Waals surface area contributed by atoms with Crippen molar-refractivity contribution < 1.29 is 23.7 Å². The third-order valence-electron chi connectivity index (χ3n) is 7.42. The summed E-state index contributed by atoms with van der Waals surface area (Å²) in [4.78, 5) is 14.9. The first-order valence-electron chi connectivity index (χ1n) is 13.8. The minimum absolute atomic E-state index is 0.133. The average Bonchev–Trinajstić information content (AvgIpc) is 3.34. The summed E-state index contributed by atoms with van der Waals surface area (Å²) in [5.74, 6) is 1.52. The topological polar surface area (TPSA) is 83.3 Å². The van der Waals surface area contributed by atoms with Gasteiger partial charge in [-0.25, -0.2) is 4.79 Å². The number of hydrogen-bond acceptors (Lipinski definition) is 6. The van der Waals surface area contributed by atoms with E-state index in [1.165, 1.54) is 0 Å². The lowest BCUT2D eigenvalue weighted by molar-refractivity contribution is -0.0154.